The average molecular weight is 381 g/mol. The average Bonchev–Trinajstić information content (AvgIpc) is 2.93. The smallest absolute Gasteiger partial charge is 0.387 e. The molecule has 0 radical (unpaired) electrons. The van der Waals surface area contributed by atoms with Crippen molar-refractivity contribution in [2.45, 2.75) is 19.6 Å². The lowest BCUT2D eigenvalue weighted by Gasteiger charge is -2.15. The van der Waals surface area contributed by atoms with Gasteiger partial charge >= 0.3 is 6.61 Å². The van der Waals surface area contributed by atoms with Crippen LogP contribution in [0.15, 0.2) is 36.4 Å². The molecule has 0 saturated carbocycles. The standard InChI is InChI=1S/C17H14F3N3O2S/c1-8(9-2-4-11(5-3-9)25-16(19)20)21-15(24)12-6-10(18)7-13-14(12)23-17(26)22-13/h2-8,16H,1H3,(H,21,24)(H2,22,23,26). The van der Waals surface area contributed by atoms with Gasteiger partial charge in [-0.1, -0.05) is 12.1 Å². The fourth-order valence-corrected chi connectivity index (χ4v) is 2.79. The number of amides is 1. The maximum Gasteiger partial charge on any atom is 0.387 e. The fourth-order valence-electron chi connectivity index (χ4n) is 2.58. The molecule has 136 valence electrons. The third kappa shape index (κ3) is 3.88. The predicted octanol–water partition coefficient (Wildman–Crippen LogP) is 4.46. The molecule has 1 amide bonds. The maximum absolute atomic E-state index is 13.8. The zero-order valence-corrected chi connectivity index (χ0v) is 14.3. The van der Waals surface area contributed by atoms with Gasteiger partial charge in [-0.25, -0.2) is 4.39 Å². The number of ether oxygens (including phenoxy) is 1. The molecule has 3 aromatic rings. The SMILES string of the molecule is CC(NC(=O)c1cc(F)cc2[nH]c(=S)[nH]c12)c1ccc(OC(F)F)cc1. The van der Waals surface area contributed by atoms with Crippen LogP contribution < -0.4 is 10.1 Å². The molecule has 1 unspecified atom stereocenters. The first-order valence-corrected chi connectivity index (χ1v) is 8.01. The molecule has 0 bridgehead atoms. The van der Waals surface area contributed by atoms with Crippen LogP contribution in [-0.4, -0.2) is 22.5 Å². The van der Waals surface area contributed by atoms with E-state index in [9.17, 15) is 18.0 Å². The van der Waals surface area contributed by atoms with E-state index < -0.39 is 24.4 Å². The Morgan fingerprint density at radius 2 is 1.88 bits per heavy atom. The zero-order valence-electron chi connectivity index (χ0n) is 13.5. The number of fused-ring (bicyclic) bond motifs is 1. The molecule has 0 fully saturated rings. The summed E-state index contributed by atoms with van der Waals surface area (Å²) in [7, 11) is 0. The normalized spacial score (nSPS) is 12.3. The predicted molar refractivity (Wildman–Crippen MR) is 92.4 cm³/mol. The van der Waals surface area contributed by atoms with Gasteiger partial charge in [0.25, 0.3) is 5.91 Å². The van der Waals surface area contributed by atoms with Crippen molar-refractivity contribution in [3.05, 3.63) is 58.1 Å². The number of hydrogen-bond donors (Lipinski definition) is 3. The Bertz CT molecular complexity index is 999. The van der Waals surface area contributed by atoms with E-state index in [-0.39, 0.29) is 16.1 Å². The van der Waals surface area contributed by atoms with Crippen molar-refractivity contribution in [2.75, 3.05) is 0 Å². The number of benzene rings is 2. The van der Waals surface area contributed by atoms with E-state index in [2.05, 4.69) is 20.0 Å². The summed E-state index contributed by atoms with van der Waals surface area (Å²) in [5.41, 5.74) is 1.58. The lowest BCUT2D eigenvalue weighted by Crippen LogP contribution is -2.27. The van der Waals surface area contributed by atoms with Gasteiger partial charge in [0.1, 0.15) is 11.6 Å². The molecule has 0 aliphatic rings. The van der Waals surface area contributed by atoms with Gasteiger partial charge in [-0.05, 0) is 49.0 Å². The molecular weight excluding hydrogens is 367 g/mol. The molecule has 5 nitrogen and oxygen atoms in total. The van der Waals surface area contributed by atoms with Crippen molar-refractivity contribution in [3.63, 3.8) is 0 Å². The minimum atomic E-state index is -2.90. The van der Waals surface area contributed by atoms with Gasteiger partial charge in [-0.15, -0.1) is 0 Å². The minimum Gasteiger partial charge on any atom is -0.435 e. The van der Waals surface area contributed by atoms with Gasteiger partial charge in [0.05, 0.1) is 22.6 Å². The summed E-state index contributed by atoms with van der Waals surface area (Å²) in [6.07, 6.45) is 0. The number of carbonyl (C=O) groups is 1. The van der Waals surface area contributed by atoms with Crippen molar-refractivity contribution < 1.29 is 22.7 Å². The summed E-state index contributed by atoms with van der Waals surface area (Å²) < 4.78 is 42.7. The number of alkyl halides is 2. The number of aromatic amines is 2. The van der Waals surface area contributed by atoms with Crippen LogP contribution in [0.1, 0.15) is 28.9 Å². The number of halogens is 3. The topological polar surface area (TPSA) is 69.9 Å². The molecule has 1 heterocycles. The molecule has 1 aromatic heterocycles. The first kappa shape index (κ1) is 18.0. The molecule has 2 aromatic carbocycles. The van der Waals surface area contributed by atoms with Crippen LogP contribution in [0.4, 0.5) is 13.2 Å². The molecule has 0 aliphatic carbocycles. The highest BCUT2D eigenvalue weighted by molar-refractivity contribution is 7.71. The van der Waals surface area contributed by atoms with Gasteiger partial charge in [0, 0.05) is 0 Å². The largest absolute Gasteiger partial charge is 0.435 e. The van der Waals surface area contributed by atoms with Crippen molar-refractivity contribution in [1.29, 1.82) is 0 Å². The summed E-state index contributed by atoms with van der Waals surface area (Å²) in [5.74, 6) is -1.05. The Morgan fingerprint density at radius 3 is 2.54 bits per heavy atom. The molecule has 26 heavy (non-hydrogen) atoms. The monoisotopic (exact) mass is 381 g/mol. The highest BCUT2D eigenvalue weighted by atomic mass is 32.1. The molecule has 9 heteroatoms. The number of nitrogens with one attached hydrogen (secondary N) is 3. The van der Waals surface area contributed by atoms with Gasteiger partial charge in [-0.2, -0.15) is 8.78 Å². The van der Waals surface area contributed by atoms with Crippen LogP contribution in [0, 0.1) is 10.6 Å². The Hall–Kier alpha value is -2.81. The van der Waals surface area contributed by atoms with Crippen LogP contribution in [0.5, 0.6) is 5.75 Å². The van der Waals surface area contributed by atoms with Crippen molar-refractivity contribution in [3.8, 4) is 5.75 Å². The van der Waals surface area contributed by atoms with E-state index in [4.69, 9.17) is 12.2 Å². The Balaban J connectivity index is 1.80. The van der Waals surface area contributed by atoms with Crippen LogP contribution >= 0.6 is 12.2 Å². The van der Waals surface area contributed by atoms with Gasteiger partial charge < -0.3 is 20.0 Å². The minimum absolute atomic E-state index is 0.0222. The zero-order chi connectivity index (χ0) is 18.8. The molecular formula is C17H14F3N3O2S. The van der Waals surface area contributed by atoms with Gasteiger partial charge in [0.2, 0.25) is 0 Å². The summed E-state index contributed by atoms with van der Waals surface area (Å²) >= 11 is 4.98. The van der Waals surface area contributed by atoms with E-state index in [1.807, 2.05) is 0 Å². The van der Waals surface area contributed by atoms with Crippen LogP contribution in [0.3, 0.4) is 0 Å². The summed E-state index contributed by atoms with van der Waals surface area (Å²) in [6, 6.07) is 7.80. The lowest BCUT2D eigenvalue weighted by molar-refractivity contribution is -0.0498. The quantitative estimate of drug-likeness (QED) is 0.572. The molecule has 0 aliphatic heterocycles. The number of aromatic nitrogens is 2. The van der Waals surface area contributed by atoms with Crippen LogP contribution in [0.2, 0.25) is 0 Å². The Labute approximate surface area is 151 Å². The molecule has 0 saturated heterocycles. The summed E-state index contributed by atoms with van der Waals surface area (Å²) in [5, 5.41) is 2.74. The Morgan fingerprint density at radius 1 is 1.19 bits per heavy atom. The van der Waals surface area contributed by atoms with E-state index >= 15 is 0 Å². The Kier molecular flexibility index (Phi) is 4.99. The number of H-pyrrole nitrogens is 2. The molecule has 1 atom stereocenters. The maximum atomic E-state index is 13.8. The second kappa shape index (κ2) is 7.20. The third-order valence-electron chi connectivity index (χ3n) is 3.79. The number of carbonyl (C=O) groups excluding carboxylic acids is 1. The number of imidazole rings is 1. The number of rotatable bonds is 5. The van der Waals surface area contributed by atoms with E-state index in [1.54, 1.807) is 19.1 Å². The fraction of sp³-hybridized carbons (Fsp3) is 0.176. The van der Waals surface area contributed by atoms with Crippen molar-refractivity contribution >= 4 is 29.2 Å². The molecule has 0 spiro atoms. The molecule has 3 N–H and O–H groups in total. The summed E-state index contributed by atoms with van der Waals surface area (Å²) in [4.78, 5) is 18.1. The van der Waals surface area contributed by atoms with Crippen molar-refractivity contribution in [2.24, 2.45) is 0 Å². The first-order valence-electron chi connectivity index (χ1n) is 7.60. The lowest BCUT2D eigenvalue weighted by atomic mass is 10.1. The van der Waals surface area contributed by atoms with E-state index in [1.165, 1.54) is 18.2 Å². The van der Waals surface area contributed by atoms with Crippen LogP contribution in [0.25, 0.3) is 11.0 Å². The summed E-state index contributed by atoms with van der Waals surface area (Å²) in [6.45, 7) is -1.18. The van der Waals surface area contributed by atoms with Gasteiger partial charge in [0.15, 0.2) is 4.77 Å². The van der Waals surface area contributed by atoms with E-state index in [0.29, 0.717) is 16.6 Å². The second-order valence-corrected chi connectivity index (χ2v) is 6.01. The third-order valence-corrected chi connectivity index (χ3v) is 3.99. The van der Waals surface area contributed by atoms with Gasteiger partial charge in [-0.3, -0.25) is 4.79 Å². The second-order valence-electron chi connectivity index (χ2n) is 5.60. The van der Waals surface area contributed by atoms with E-state index in [0.717, 1.165) is 6.07 Å². The van der Waals surface area contributed by atoms with Crippen LogP contribution in [-0.2, 0) is 0 Å². The molecule has 3 rings (SSSR count). The highest BCUT2D eigenvalue weighted by Gasteiger charge is 2.17. The highest BCUT2D eigenvalue weighted by Crippen LogP contribution is 2.21. The van der Waals surface area contributed by atoms with Crippen molar-refractivity contribution in [1.82, 2.24) is 15.3 Å². The first-order chi connectivity index (χ1) is 12.3. The number of hydrogen-bond acceptors (Lipinski definition) is 3.